The number of halogens is 1. The van der Waals surface area contributed by atoms with Crippen LogP contribution in [0.1, 0.15) is 5.56 Å². The molecule has 23 heavy (non-hydrogen) atoms. The average Bonchev–Trinajstić information content (AvgIpc) is 3.18. The first kappa shape index (κ1) is 14.4. The third-order valence-corrected chi connectivity index (χ3v) is 4.56. The number of nitrogens with zero attached hydrogens (tertiary/aromatic N) is 2. The standard InChI is InChI=1S/C18H14IN3O/c19-9-7-17(23)22-10-8-12-5-6-13(11-16(12)22)18-14-3-1-2-4-15(14)20-21-18/h1-7,9,11H,8,10H2,(H,20,21)/b9-7+. The Morgan fingerprint density at radius 3 is 3.00 bits per heavy atom. The van der Waals surface area contributed by atoms with E-state index in [9.17, 15) is 4.79 Å². The Labute approximate surface area is 147 Å². The predicted octanol–water partition coefficient (Wildman–Crippen LogP) is 4.07. The zero-order chi connectivity index (χ0) is 15.8. The Hall–Kier alpha value is -2.15. The number of carbonyl (C=O) groups is 1. The van der Waals surface area contributed by atoms with Crippen LogP contribution >= 0.6 is 22.6 Å². The number of H-pyrrole nitrogens is 1. The van der Waals surface area contributed by atoms with E-state index in [0.717, 1.165) is 40.8 Å². The van der Waals surface area contributed by atoms with E-state index in [0.29, 0.717) is 0 Å². The van der Waals surface area contributed by atoms with Crippen molar-refractivity contribution in [3.8, 4) is 11.3 Å². The van der Waals surface area contributed by atoms with Crippen LogP contribution in [0.2, 0.25) is 0 Å². The molecule has 1 aliphatic heterocycles. The quantitative estimate of drug-likeness (QED) is 0.507. The Morgan fingerprint density at radius 1 is 1.26 bits per heavy atom. The lowest BCUT2D eigenvalue weighted by molar-refractivity contribution is -0.114. The van der Waals surface area contributed by atoms with E-state index in [4.69, 9.17) is 0 Å². The van der Waals surface area contributed by atoms with Crippen molar-refractivity contribution >= 4 is 45.1 Å². The summed E-state index contributed by atoms with van der Waals surface area (Å²) < 4.78 is 1.75. The minimum atomic E-state index is 0.0298. The topological polar surface area (TPSA) is 49.0 Å². The number of para-hydroxylation sites is 1. The van der Waals surface area contributed by atoms with Gasteiger partial charge in [0.1, 0.15) is 0 Å². The second-order valence-corrected chi connectivity index (χ2v) is 6.21. The van der Waals surface area contributed by atoms with E-state index in [2.05, 4.69) is 57.1 Å². The van der Waals surface area contributed by atoms with Crippen molar-refractivity contribution < 1.29 is 4.79 Å². The summed E-state index contributed by atoms with van der Waals surface area (Å²) in [6.07, 6.45) is 2.50. The summed E-state index contributed by atoms with van der Waals surface area (Å²) in [7, 11) is 0. The molecule has 0 saturated carbocycles. The number of hydrogen-bond donors (Lipinski definition) is 1. The van der Waals surface area contributed by atoms with Crippen molar-refractivity contribution in [1.29, 1.82) is 0 Å². The van der Waals surface area contributed by atoms with Crippen LogP contribution in [-0.2, 0) is 11.2 Å². The van der Waals surface area contributed by atoms with Crippen LogP contribution < -0.4 is 4.90 Å². The van der Waals surface area contributed by atoms with Gasteiger partial charge in [0.15, 0.2) is 0 Å². The zero-order valence-corrected chi connectivity index (χ0v) is 14.4. The molecule has 0 aliphatic carbocycles. The van der Waals surface area contributed by atoms with Crippen LogP contribution in [0.4, 0.5) is 5.69 Å². The van der Waals surface area contributed by atoms with E-state index >= 15 is 0 Å². The lowest BCUT2D eigenvalue weighted by Gasteiger charge is -2.15. The van der Waals surface area contributed by atoms with E-state index in [-0.39, 0.29) is 5.91 Å². The number of aromatic amines is 1. The fourth-order valence-corrected chi connectivity index (χ4v) is 3.39. The molecule has 114 valence electrons. The van der Waals surface area contributed by atoms with Crippen molar-refractivity contribution in [2.45, 2.75) is 6.42 Å². The van der Waals surface area contributed by atoms with Gasteiger partial charge in [-0.1, -0.05) is 52.9 Å². The van der Waals surface area contributed by atoms with Gasteiger partial charge < -0.3 is 4.90 Å². The van der Waals surface area contributed by atoms with Crippen molar-refractivity contribution in [3.05, 3.63) is 58.2 Å². The number of anilines is 1. The summed E-state index contributed by atoms with van der Waals surface area (Å²) in [5, 5.41) is 8.61. The summed E-state index contributed by atoms with van der Waals surface area (Å²) in [5.74, 6) is 0.0298. The molecule has 2 heterocycles. The van der Waals surface area contributed by atoms with Gasteiger partial charge in [-0.25, -0.2) is 0 Å². The highest BCUT2D eigenvalue weighted by Crippen LogP contribution is 2.34. The zero-order valence-electron chi connectivity index (χ0n) is 12.3. The third-order valence-electron chi connectivity index (χ3n) is 4.20. The number of nitrogens with one attached hydrogen (secondary N) is 1. The molecule has 0 atom stereocenters. The lowest BCUT2D eigenvalue weighted by atomic mass is 10.0. The minimum Gasteiger partial charge on any atom is -0.308 e. The van der Waals surface area contributed by atoms with Gasteiger partial charge in [-0.2, -0.15) is 5.10 Å². The highest BCUT2D eigenvalue weighted by molar-refractivity contribution is 14.1. The molecule has 5 heteroatoms. The minimum absolute atomic E-state index is 0.0298. The Morgan fingerprint density at radius 2 is 2.13 bits per heavy atom. The maximum absolute atomic E-state index is 12.2. The first-order valence-electron chi connectivity index (χ1n) is 7.42. The normalized spacial score (nSPS) is 13.9. The Bertz CT molecular complexity index is 929. The van der Waals surface area contributed by atoms with E-state index < -0.39 is 0 Å². The molecule has 0 radical (unpaired) electrons. The van der Waals surface area contributed by atoms with Gasteiger partial charge in [0.05, 0.1) is 11.2 Å². The number of fused-ring (bicyclic) bond motifs is 2. The second-order valence-electron chi connectivity index (χ2n) is 5.49. The van der Waals surface area contributed by atoms with E-state index in [1.807, 2.05) is 23.1 Å². The Kier molecular flexibility index (Phi) is 3.65. The largest absolute Gasteiger partial charge is 0.308 e. The van der Waals surface area contributed by atoms with Crippen LogP contribution in [0.3, 0.4) is 0 Å². The first-order valence-corrected chi connectivity index (χ1v) is 8.67. The molecule has 4 rings (SSSR count). The third kappa shape index (κ3) is 2.45. The fraction of sp³-hybridized carbons (Fsp3) is 0.111. The van der Waals surface area contributed by atoms with Crippen LogP contribution in [0.5, 0.6) is 0 Å². The van der Waals surface area contributed by atoms with E-state index in [1.54, 1.807) is 10.2 Å². The highest BCUT2D eigenvalue weighted by atomic mass is 127. The highest BCUT2D eigenvalue weighted by Gasteiger charge is 2.24. The molecule has 1 aromatic heterocycles. The van der Waals surface area contributed by atoms with Gasteiger partial charge in [0.2, 0.25) is 0 Å². The van der Waals surface area contributed by atoms with Crippen LogP contribution in [0.25, 0.3) is 22.2 Å². The number of benzene rings is 2. The van der Waals surface area contributed by atoms with Crippen molar-refractivity contribution in [3.63, 3.8) is 0 Å². The number of amides is 1. The number of carbonyl (C=O) groups excluding carboxylic acids is 1. The molecule has 2 aromatic carbocycles. The molecule has 0 spiro atoms. The summed E-state index contributed by atoms with van der Waals surface area (Å²) in [6, 6.07) is 14.3. The summed E-state index contributed by atoms with van der Waals surface area (Å²) >= 11 is 2.07. The molecule has 4 nitrogen and oxygen atoms in total. The van der Waals surface area contributed by atoms with Gasteiger partial charge in [0.25, 0.3) is 5.91 Å². The monoisotopic (exact) mass is 415 g/mol. The van der Waals surface area contributed by atoms with Gasteiger partial charge >= 0.3 is 0 Å². The van der Waals surface area contributed by atoms with Crippen molar-refractivity contribution in [1.82, 2.24) is 10.2 Å². The predicted molar refractivity (Wildman–Crippen MR) is 101 cm³/mol. The molecule has 3 aromatic rings. The maximum Gasteiger partial charge on any atom is 0.251 e. The van der Waals surface area contributed by atoms with Crippen molar-refractivity contribution in [2.75, 3.05) is 11.4 Å². The van der Waals surface area contributed by atoms with E-state index in [1.165, 1.54) is 5.56 Å². The molecule has 0 unspecified atom stereocenters. The van der Waals surface area contributed by atoms with Crippen LogP contribution in [0.15, 0.2) is 52.6 Å². The maximum atomic E-state index is 12.2. The molecule has 1 amide bonds. The smallest absolute Gasteiger partial charge is 0.251 e. The van der Waals surface area contributed by atoms with Gasteiger partial charge in [-0.3, -0.25) is 9.89 Å². The molecule has 0 fully saturated rings. The first-order chi connectivity index (χ1) is 11.3. The summed E-state index contributed by atoms with van der Waals surface area (Å²) in [5.41, 5.74) is 5.17. The van der Waals surface area contributed by atoms with Crippen molar-refractivity contribution in [2.24, 2.45) is 0 Å². The van der Waals surface area contributed by atoms with Gasteiger partial charge in [0, 0.05) is 29.3 Å². The molecule has 0 bridgehead atoms. The summed E-state index contributed by atoms with van der Waals surface area (Å²) in [6.45, 7) is 0.736. The molecule has 1 N–H and O–H groups in total. The average molecular weight is 415 g/mol. The molecular weight excluding hydrogens is 401 g/mol. The molecule has 1 aliphatic rings. The van der Waals surface area contributed by atoms with Gasteiger partial charge in [-0.15, -0.1) is 0 Å². The van der Waals surface area contributed by atoms with Crippen LogP contribution in [0, 0.1) is 0 Å². The summed E-state index contributed by atoms with van der Waals surface area (Å²) in [4.78, 5) is 14.1. The Balaban J connectivity index is 1.81. The number of aromatic nitrogens is 2. The number of rotatable bonds is 2. The lowest BCUT2D eigenvalue weighted by Crippen LogP contribution is -2.26. The fourth-order valence-electron chi connectivity index (χ4n) is 3.08. The molecule has 0 saturated heterocycles. The SMILES string of the molecule is O=C(/C=C/I)N1CCc2ccc(-c3n[nH]c4ccccc34)cc21. The van der Waals surface area contributed by atoms with Crippen LogP contribution in [-0.4, -0.2) is 22.6 Å². The molecular formula is C18H14IN3O. The number of hydrogen-bond acceptors (Lipinski definition) is 2. The second kappa shape index (κ2) is 5.81. The van der Waals surface area contributed by atoms with Gasteiger partial charge in [-0.05, 0) is 28.2 Å².